The molecule has 0 saturated carbocycles. The van der Waals surface area contributed by atoms with Gasteiger partial charge in [0.05, 0.1) is 0 Å². The second-order valence-electron chi connectivity index (χ2n) is 5.07. The molecule has 3 rings (SSSR count). The molecular weight excluding hydrogens is 260 g/mol. The van der Waals surface area contributed by atoms with Gasteiger partial charge in [-0.1, -0.05) is 0 Å². The van der Waals surface area contributed by atoms with Crippen LogP contribution >= 0.6 is 11.8 Å². The molecule has 3 heterocycles. The van der Waals surface area contributed by atoms with Gasteiger partial charge in [0.15, 0.2) is 0 Å². The summed E-state index contributed by atoms with van der Waals surface area (Å²) in [5.74, 6) is 3.98. The quantitative estimate of drug-likeness (QED) is 0.865. The van der Waals surface area contributed by atoms with Gasteiger partial charge >= 0.3 is 0 Å². The highest BCUT2D eigenvalue weighted by molar-refractivity contribution is 7.99. The average molecular weight is 280 g/mol. The molecule has 6 nitrogen and oxygen atoms in total. The third-order valence-electron chi connectivity index (χ3n) is 3.54. The number of nitrogens with zero attached hydrogens (tertiary/aromatic N) is 4. The topological polar surface area (TPSA) is 80.0 Å². The van der Waals surface area contributed by atoms with E-state index in [1.54, 1.807) is 0 Å². The second kappa shape index (κ2) is 5.81. The molecule has 2 fully saturated rings. The highest BCUT2D eigenvalue weighted by Gasteiger charge is 2.19. The van der Waals surface area contributed by atoms with Gasteiger partial charge in [0, 0.05) is 24.9 Å². The van der Waals surface area contributed by atoms with Crippen LogP contribution in [0.15, 0.2) is 0 Å². The van der Waals surface area contributed by atoms with Crippen LogP contribution in [0.25, 0.3) is 0 Å². The van der Waals surface area contributed by atoms with Gasteiger partial charge < -0.3 is 16.0 Å². The van der Waals surface area contributed by atoms with Crippen molar-refractivity contribution in [3.63, 3.8) is 0 Å². The number of hydrogen-bond acceptors (Lipinski definition) is 7. The van der Waals surface area contributed by atoms with Gasteiger partial charge in [-0.05, 0) is 31.4 Å². The van der Waals surface area contributed by atoms with Crippen molar-refractivity contribution in [1.82, 2.24) is 15.0 Å². The van der Waals surface area contributed by atoms with Gasteiger partial charge in [0.2, 0.25) is 17.8 Å². The second-order valence-corrected chi connectivity index (χ2v) is 6.22. The lowest BCUT2D eigenvalue weighted by molar-refractivity contribution is 0.567. The van der Waals surface area contributed by atoms with E-state index < -0.39 is 0 Å². The first kappa shape index (κ1) is 12.8. The first-order valence-corrected chi connectivity index (χ1v) is 8.07. The normalized spacial score (nSPS) is 23.6. The van der Waals surface area contributed by atoms with Crippen LogP contribution in [0.3, 0.4) is 0 Å². The summed E-state index contributed by atoms with van der Waals surface area (Å²) in [5, 5.41) is 3.37. The summed E-state index contributed by atoms with van der Waals surface area (Å²) in [7, 11) is 0. The number of nitrogens with one attached hydrogen (secondary N) is 1. The Labute approximate surface area is 117 Å². The van der Waals surface area contributed by atoms with Crippen molar-refractivity contribution in [3.8, 4) is 0 Å². The number of rotatable bonds is 3. The van der Waals surface area contributed by atoms with E-state index in [0.717, 1.165) is 31.2 Å². The van der Waals surface area contributed by atoms with Crippen LogP contribution in [0.4, 0.5) is 17.8 Å². The highest BCUT2D eigenvalue weighted by Crippen LogP contribution is 2.22. The predicted molar refractivity (Wildman–Crippen MR) is 79.7 cm³/mol. The third-order valence-corrected chi connectivity index (χ3v) is 4.71. The molecule has 0 amide bonds. The van der Waals surface area contributed by atoms with E-state index in [2.05, 4.69) is 25.2 Å². The summed E-state index contributed by atoms with van der Waals surface area (Å²) in [6, 6.07) is 0.459. The summed E-state index contributed by atoms with van der Waals surface area (Å²) in [5.41, 5.74) is 5.81. The third kappa shape index (κ3) is 3.20. The van der Waals surface area contributed by atoms with Gasteiger partial charge in [-0.3, -0.25) is 0 Å². The van der Waals surface area contributed by atoms with E-state index >= 15 is 0 Å². The SMILES string of the molecule is Nc1nc(NC2CCSC2)nc(N2CCCCC2)n1. The number of hydrogen-bond donors (Lipinski definition) is 2. The first-order valence-electron chi connectivity index (χ1n) is 6.92. The van der Waals surface area contributed by atoms with Gasteiger partial charge in [0.25, 0.3) is 0 Å². The number of nitrogens with two attached hydrogens (primary N) is 1. The van der Waals surface area contributed by atoms with Crippen molar-refractivity contribution >= 4 is 29.6 Å². The van der Waals surface area contributed by atoms with Crippen molar-refractivity contribution in [3.05, 3.63) is 0 Å². The Morgan fingerprint density at radius 3 is 2.74 bits per heavy atom. The number of anilines is 3. The molecular formula is C12H20N6S. The van der Waals surface area contributed by atoms with Gasteiger partial charge in [-0.15, -0.1) is 0 Å². The smallest absolute Gasteiger partial charge is 0.231 e. The van der Waals surface area contributed by atoms with Crippen LogP contribution in [-0.4, -0.2) is 45.6 Å². The maximum Gasteiger partial charge on any atom is 0.231 e. The minimum absolute atomic E-state index is 0.309. The van der Waals surface area contributed by atoms with Crippen LogP contribution in [0.1, 0.15) is 25.7 Å². The summed E-state index contributed by atoms with van der Waals surface area (Å²) in [4.78, 5) is 15.2. The first-order chi connectivity index (χ1) is 9.31. The van der Waals surface area contributed by atoms with E-state index in [9.17, 15) is 0 Å². The average Bonchev–Trinajstić information content (AvgIpc) is 2.92. The molecule has 0 spiro atoms. The van der Waals surface area contributed by atoms with E-state index in [-0.39, 0.29) is 0 Å². The zero-order chi connectivity index (χ0) is 13.1. The summed E-state index contributed by atoms with van der Waals surface area (Å²) in [6.07, 6.45) is 4.86. The minimum atomic E-state index is 0.309. The molecule has 0 radical (unpaired) electrons. The maximum atomic E-state index is 5.81. The van der Waals surface area contributed by atoms with Crippen LogP contribution in [0.5, 0.6) is 0 Å². The number of piperidine rings is 1. The summed E-state index contributed by atoms with van der Waals surface area (Å²) >= 11 is 1.96. The molecule has 1 atom stereocenters. The molecule has 1 aromatic rings. The van der Waals surface area contributed by atoms with Crippen molar-refractivity contribution in [2.75, 3.05) is 40.5 Å². The molecule has 2 aliphatic heterocycles. The van der Waals surface area contributed by atoms with Crippen LogP contribution in [-0.2, 0) is 0 Å². The van der Waals surface area contributed by atoms with Gasteiger partial charge in [-0.25, -0.2) is 0 Å². The molecule has 0 aromatic carbocycles. The Morgan fingerprint density at radius 2 is 2.00 bits per heavy atom. The summed E-state index contributed by atoms with van der Waals surface area (Å²) in [6.45, 7) is 2.03. The molecule has 19 heavy (non-hydrogen) atoms. The number of aromatic nitrogens is 3. The van der Waals surface area contributed by atoms with Gasteiger partial charge in [-0.2, -0.15) is 26.7 Å². The Kier molecular flexibility index (Phi) is 3.91. The predicted octanol–water partition coefficient (Wildman–Crippen LogP) is 1.36. The van der Waals surface area contributed by atoms with Crippen LogP contribution in [0, 0.1) is 0 Å². The van der Waals surface area contributed by atoms with Crippen LogP contribution in [0.2, 0.25) is 0 Å². The highest BCUT2D eigenvalue weighted by atomic mass is 32.2. The fraction of sp³-hybridized carbons (Fsp3) is 0.750. The molecule has 0 bridgehead atoms. The summed E-state index contributed by atoms with van der Waals surface area (Å²) < 4.78 is 0. The van der Waals surface area contributed by atoms with Gasteiger partial charge in [0.1, 0.15) is 0 Å². The molecule has 1 aromatic heterocycles. The largest absolute Gasteiger partial charge is 0.368 e. The van der Waals surface area contributed by atoms with E-state index in [4.69, 9.17) is 5.73 Å². The fourth-order valence-electron chi connectivity index (χ4n) is 2.51. The zero-order valence-electron chi connectivity index (χ0n) is 11.0. The molecule has 0 aliphatic carbocycles. The Hall–Kier alpha value is -1.24. The minimum Gasteiger partial charge on any atom is -0.368 e. The molecule has 7 heteroatoms. The molecule has 2 saturated heterocycles. The molecule has 104 valence electrons. The van der Waals surface area contributed by atoms with Crippen molar-refractivity contribution in [1.29, 1.82) is 0 Å². The zero-order valence-corrected chi connectivity index (χ0v) is 11.8. The number of nitrogen functional groups attached to an aromatic ring is 1. The lowest BCUT2D eigenvalue weighted by atomic mass is 10.1. The Morgan fingerprint density at radius 1 is 1.16 bits per heavy atom. The monoisotopic (exact) mass is 280 g/mol. The van der Waals surface area contributed by atoms with Crippen molar-refractivity contribution in [2.45, 2.75) is 31.7 Å². The Bertz CT molecular complexity index is 428. The van der Waals surface area contributed by atoms with Crippen molar-refractivity contribution < 1.29 is 0 Å². The number of thioether (sulfide) groups is 1. The van der Waals surface area contributed by atoms with E-state index in [1.807, 2.05) is 11.8 Å². The molecule has 1 unspecified atom stereocenters. The lowest BCUT2D eigenvalue weighted by Gasteiger charge is -2.26. The Balaban J connectivity index is 1.74. The lowest BCUT2D eigenvalue weighted by Crippen LogP contribution is -2.32. The van der Waals surface area contributed by atoms with E-state index in [0.29, 0.717) is 17.9 Å². The fourth-order valence-corrected chi connectivity index (χ4v) is 3.66. The van der Waals surface area contributed by atoms with Crippen LogP contribution < -0.4 is 16.0 Å². The standard InChI is InChI=1S/C12H20N6S/c13-10-15-11(14-9-4-7-19-8-9)17-12(16-10)18-5-2-1-3-6-18/h9H,1-8H2,(H3,13,14,15,16,17). The molecule has 2 aliphatic rings. The molecule has 3 N–H and O–H groups in total. The van der Waals surface area contributed by atoms with Crippen molar-refractivity contribution in [2.24, 2.45) is 0 Å². The maximum absolute atomic E-state index is 5.81. The van der Waals surface area contributed by atoms with E-state index in [1.165, 1.54) is 25.0 Å².